The second-order valence-electron chi connectivity index (χ2n) is 9.74. The van der Waals surface area contributed by atoms with E-state index >= 15 is 0 Å². The van der Waals surface area contributed by atoms with E-state index in [2.05, 4.69) is 71.1 Å². The molecule has 1 heterocycles. The van der Waals surface area contributed by atoms with Crippen molar-refractivity contribution in [3.8, 4) is 0 Å². The fourth-order valence-electron chi connectivity index (χ4n) is 5.67. The maximum Gasteiger partial charge on any atom is 0.209 e. The predicted octanol–water partition coefficient (Wildman–Crippen LogP) is 4.70. The zero-order valence-electron chi connectivity index (χ0n) is 19.9. The largest absolute Gasteiger partial charge is 0.377 e. The molecule has 1 saturated heterocycles. The van der Waals surface area contributed by atoms with E-state index in [9.17, 15) is 8.42 Å². The first kappa shape index (κ1) is 24.4. The van der Waals surface area contributed by atoms with Gasteiger partial charge in [0.05, 0.1) is 25.0 Å². The summed E-state index contributed by atoms with van der Waals surface area (Å²) in [4.78, 5) is 2.47. The molecule has 0 bridgehead atoms. The minimum atomic E-state index is -3.28. The lowest BCUT2D eigenvalue weighted by molar-refractivity contribution is -0.0124. The highest BCUT2D eigenvalue weighted by Gasteiger charge is 2.42. The van der Waals surface area contributed by atoms with Crippen LogP contribution in [0.2, 0.25) is 0 Å². The number of sulfonamides is 1. The van der Waals surface area contributed by atoms with Gasteiger partial charge in [0.1, 0.15) is 0 Å². The highest BCUT2D eigenvalue weighted by molar-refractivity contribution is 7.88. The summed E-state index contributed by atoms with van der Waals surface area (Å²) in [7, 11) is -3.28. The third-order valence-electron chi connectivity index (χ3n) is 7.38. The fraction of sp³-hybridized carbons (Fsp3) is 0.556. The molecule has 2 aliphatic rings. The van der Waals surface area contributed by atoms with E-state index in [4.69, 9.17) is 4.74 Å². The first-order chi connectivity index (χ1) is 15.9. The molecule has 2 aromatic rings. The summed E-state index contributed by atoms with van der Waals surface area (Å²) in [5.74, 6) is 0.622. The Morgan fingerprint density at radius 1 is 0.970 bits per heavy atom. The molecule has 5 nitrogen and oxygen atoms in total. The molecule has 3 atom stereocenters. The molecular formula is C27H38N2O3S. The van der Waals surface area contributed by atoms with Crippen molar-refractivity contribution in [2.75, 3.05) is 12.9 Å². The number of hydrogen-bond donors (Lipinski definition) is 1. The number of ether oxygens (including phenoxy) is 1. The monoisotopic (exact) mass is 470 g/mol. The quantitative estimate of drug-likeness (QED) is 0.577. The van der Waals surface area contributed by atoms with Gasteiger partial charge in [-0.3, -0.25) is 4.90 Å². The van der Waals surface area contributed by atoms with Crippen molar-refractivity contribution >= 4 is 10.0 Å². The smallest absolute Gasteiger partial charge is 0.209 e. The Morgan fingerprint density at radius 3 is 2.21 bits per heavy atom. The molecular weight excluding hydrogens is 432 g/mol. The van der Waals surface area contributed by atoms with Gasteiger partial charge in [-0.2, -0.15) is 0 Å². The summed E-state index contributed by atoms with van der Waals surface area (Å²) in [5, 5.41) is 0. The second-order valence-corrected chi connectivity index (χ2v) is 11.5. The average Bonchev–Trinajstić information content (AvgIpc) is 3.13. The molecule has 1 aliphatic carbocycles. The van der Waals surface area contributed by atoms with Crippen molar-refractivity contribution in [3.05, 3.63) is 71.8 Å². The third-order valence-corrected chi connectivity index (χ3v) is 8.11. The van der Waals surface area contributed by atoms with Gasteiger partial charge >= 0.3 is 0 Å². The minimum absolute atomic E-state index is 0.0386. The Hall–Kier alpha value is -1.73. The van der Waals surface area contributed by atoms with Crippen molar-refractivity contribution < 1.29 is 13.2 Å². The average molecular weight is 471 g/mol. The summed E-state index contributed by atoms with van der Waals surface area (Å²) in [5.41, 5.74) is 2.69. The van der Waals surface area contributed by atoms with Gasteiger partial charge in [0.2, 0.25) is 10.0 Å². The van der Waals surface area contributed by atoms with Crippen molar-refractivity contribution in [1.29, 1.82) is 0 Å². The van der Waals surface area contributed by atoms with E-state index in [-0.39, 0.29) is 18.2 Å². The zero-order chi connectivity index (χ0) is 23.3. The Morgan fingerprint density at radius 2 is 1.61 bits per heavy atom. The number of likely N-dealkylation sites (tertiary alicyclic amines) is 1. The lowest BCUT2D eigenvalue weighted by Gasteiger charge is -2.34. The van der Waals surface area contributed by atoms with Crippen LogP contribution in [0.25, 0.3) is 0 Å². The predicted molar refractivity (Wildman–Crippen MR) is 134 cm³/mol. The Bertz CT molecular complexity index is 959. The van der Waals surface area contributed by atoms with E-state index in [0.717, 1.165) is 45.1 Å². The molecule has 0 aromatic heterocycles. The van der Waals surface area contributed by atoms with Gasteiger partial charge in [-0.25, -0.2) is 13.1 Å². The molecule has 2 aromatic carbocycles. The van der Waals surface area contributed by atoms with Gasteiger partial charge in [0.15, 0.2) is 0 Å². The van der Waals surface area contributed by atoms with Gasteiger partial charge in [-0.1, -0.05) is 67.6 Å². The summed E-state index contributed by atoms with van der Waals surface area (Å²) < 4.78 is 33.6. The highest BCUT2D eigenvalue weighted by atomic mass is 32.2. The van der Waals surface area contributed by atoms with E-state index in [1.165, 1.54) is 17.4 Å². The molecule has 6 heteroatoms. The van der Waals surface area contributed by atoms with Crippen LogP contribution >= 0.6 is 0 Å². The van der Waals surface area contributed by atoms with E-state index in [0.29, 0.717) is 18.6 Å². The minimum Gasteiger partial charge on any atom is -0.377 e. The first-order valence-corrected chi connectivity index (χ1v) is 14.3. The Kier molecular flexibility index (Phi) is 8.23. The van der Waals surface area contributed by atoms with Crippen LogP contribution in [-0.4, -0.2) is 50.4 Å². The molecule has 33 heavy (non-hydrogen) atoms. The second kappa shape index (κ2) is 11.1. The van der Waals surface area contributed by atoms with Crippen molar-refractivity contribution in [2.24, 2.45) is 0 Å². The van der Waals surface area contributed by atoms with Crippen LogP contribution in [0.15, 0.2) is 60.7 Å². The number of benzene rings is 2. The lowest BCUT2D eigenvalue weighted by atomic mass is 9.83. The number of hydrogen-bond acceptors (Lipinski definition) is 4. The van der Waals surface area contributed by atoms with Crippen LogP contribution < -0.4 is 4.72 Å². The Balaban J connectivity index is 1.41. The molecule has 0 spiro atoms. The molecule has 1 N–H and O–H groups in total. The summed E-state index contributed by atoms with van der Waals surface area (Å²) in [6.45, 7) is 3.57. The van der Waals surface area contributed by atoms with Crippen LogP contribution in [-0.2, 0) is 21.3 Å². The van der Waals surface area contributed by atoms with Gasteiger partial charge in [0.25, 0.3) is 0 Å². The van der Waals surface area contributed by atoms with Crippen molar-refractivity contribution in [3.63, 3.8) is 0 Å². The number of nitrogens with one attached hydrogen (secondary N) is 1. The first-order valence-electron chi connectivity index (χ1n) is 12.4. The van der Waals surface area contributed by atoms with Crippen molar-refractivity contribution in [1.82, 2.24) is 9.62 Å². The van der Waals surface area contributed by atoms with Crippen LogP contribution in [0.4, 0.5) is 0 Å². The molecule has 1 aliphatic heterocycles. The molecule has 0 amide bonds. The number of nitrogens with zero attached hydrogens (tertiary/aromatic N) is 1. The van der Waals surface area contributed by atoms with Gasteiger partial charge in [-0.15, -0.1) is 0 Å². The van der Waals surface area contributed by atoms with Crippen LogP contribution in [0.5, 0.6) is 0 Å². The molecule has 0 radical (unpaired) electrons. The summed E-state index contributed by atoms with van der Waals surface area (Å²) in [6.07, 6.45) is 7.75. The van der Waals surface area contributed by atoms with Gasteiger partial charge in [0, 0.05) is 18.6 Å². The van der Waals surface area contributed by atoms with Crippen LogP contribution in [0, 0.1) is 0 Å². The third kappa shape index (κ3) is 6.66. The summed E-state index contributed by atoms with van der Waals surface area (Å²) in [6, 6.07) is 21.5. The molecule has 4 rings (SSSR count). The van der Waals surface area contributed by atoms with Gasteiger partial charge < -0.3 is 4.74 Å². The molecule has 1 saturated carbocycles. The van der Waals surface area contributed by atoms with E-state index in [1.807, 2.05) is 6.07 Å². The molecule has 180 valence electrons. The fourth-order valence-corrected chi connectivity index (χ4v) is 6.47. The molecule has 2 fully saturated rings. The lowest BCUT2D eigenvalue weighted by Crippen LogP contribution is -2.48. The highest BCUT2D eigenvalue weighted by Crippen LogP contribution is 2.35. The van der Waals surface area contributed by atoms with Crippen molar-refractivity contribution in [2.45, 2.75) is 82.1 Å². The number of rotatable bonds is 9. The van der Waals surface area contributed by atoms with Crippen LogP contribution in [0.3, 0.4) is 0 Å². The normalized spacial score (nSPS) is 28.7. The maximum atomic E-state index is 12.1. The van der Waals surface area contributed by atoms with Crippen LogP contribution in [0.1, 0.15) is 62.5 Å². The molecule has 1 unspecified atom stereocenters. The maximum absolute atomic E-state index is 12.1. The van der Waals surface area contributed by atoms with Gasteiger partial charge in [-0.05, 0) is 55.6 Å². The van der Waals surface area contributed by atoms with E-state index in [1.54, 1.807) is 0 Å². The zero-order valence-corrected chi connectivity index (χ0v) is 20.7. The Labute approximate surface area is 199 Å². The summed E-state index contributed by atoms with van der Waals surface area (Å²) >= 11 is 0. The standard InChI is InChI=1S/C27H38N2O3S/c1-3-24-18-26(28-33(2,30)31)27(29(24)19-21-10-6-4-7-11-21)20-32-25-16-14-23(15-17-25)22-12-8-5-9-13-22/h4-13,23-28H,3,14-20H2,1-2H3/t23?,24?,25?,26-,27-/m0/s1. The topological polar surface area (TPSA) is 58.6 Å². The van der Waals surface area contributed by atoms with E-state index < -0.39 is 10.0 Å². The SMILES string of the molecule is CCC1C[C@H](NS(C)(=O)=O)[C@H](COC2CCC(c3ccccc3)CC2)N1Cc1ccccc1.